The van der Waals surface area contributed by atoms with Gasteiger partial charge in [-0.15, -0.1) is 5.10 Å². The number of thioether (sulfide) groups is 1. The highest BCUT2D eigenvalue weighted by atomic mass is 32.2. The van der Waals surface area contributed by atoms with Crippen LogP contribution in [0.1, 0.15) is 48.7 Å². The Labute approximate surface area is 210 Å². The molecule has 1 aliphatic heterocycles. The molecule has 0 spiro atoms. The Kier molecular flexibility index (Phi) is 5.95. The molecule has 0 amide bonds. The largest absolute Gasteiger partial charge is 0.328 e. The van der Waals surface area contributed by atoms with Crippen molar-refractivity contribution in [1.29, 1.82) is 0 Å². The Hall–Kier alpha value is -3.86. The molecule has 0 saturated carbocycles. The zero-order valence-electron chi connectivity index (χ0n) is 19.5. The lowest BCUT2D eigenvalue weighted by molar-refractivity contribution is -0.384. The van der Waals surface area contributed by atoms with E-state index in [4.69, 9.17) is 0 Å². The third-order valence-corrected chi connectivity index (χ3v) is 7.07. The molecule has 9 nitrogen and oxygen atoms in total. The molecule has 5 rings (SSSR count). The van der Waals surface area contributed by atoms with Gasteiger partial charge in [-0.25, -0.2) is 9.07 Å². The van der Waals surface area contributed by atoms with Gasteiger partial charge in [-0.2, -0.15) is 4.98 Å². The minimum Gasteiger partial charge on any atom is -0.328 e. The number of rotatable bonds is 6. The molecule has 0 saturated heterocycles. The van der Waals surface area contributed by atoms with Gasteiger partial charge in [-0.05, 0) is 53.8 Å². The highest BCUT2D eigenvalue weighted by Gasteiger charge is 2.42. The van der Waals surface area contributed by atoms with E-state index in [1.54, 1.807) is 16.8 Å². The van der Waals surface area contributed by atoms with Crippen molar-refractivity contribution in [2.45, 2.75) is 37.9 Å². The van der Waals surface area contributed by atoms with Crippen LogP contribution in [0.4, 0.5) is 16.0 Å². The standard InChI is InChI=1S/C25H22FN5O4S/c1-25(2)11-18-21(19(32)12-25)22(15-5-9-17(10-6-15)31(34)35)30-23(27-18)28-24(29-30)36-13-20(33)14-3-7-16(26)8-4-14/h3-10,22H,11-13H2,1-2H3,(H,27,28,29). The number of nitrogens with one attached hydrogen (secondary N) is 1. The average molecular weight is 508 g/mol. The molecule has 11 heteroatoms. The van der Waals surface area contributed by atoms with Crippen LogP contribution in [-0.4, -0.2) is 37.0 Å². The normalized spacial score (nSPS) is 18.3. The second-order valence-corrected chi connectivity index (χ2v) is 10.5. The Morgan fingerprint density at radius 2 is 1.89 bits per heavy atom. The van der Waals surface area contributed by atoms with Gasteiger partial charge in [0.1, 0.15) is 11.9 Å². The molecular formula is C25H22FN5O4S. The van der Waals surface area contributed by atoms with Crippen molar-refractivity contribution >= 4 is 35.0 Å². The van der Waals surface area contributed by atoms with Gasteiger partial charge in [-0.3, -0.25) is 19.7 Å². The lowest BCUT2D eigenvalue weighted by Gasteiger charge is -2.38. The van der Waals surface area contributed by atoms with Gasteiger partial charge in [0, 0.05) is 35.4 Å². The van der Waals surface area contributed by atoms with Crippen LogP contribution in [0, 0.1) is 21.3 Å². The summed E-state index contributed by atoms with van der Waals surface area (Å²) in [5.74, 6) is -0.142. The molecular weight excluding hydrogens is 485 g/mol. The van der Waals surface area contributed by atoms with Gasteiger partial charge in [0.2, 0.25) is 11.1 Å². The van der Waals surface area contributed by atoms with E-state index in [-0.39, 0.29) is 28.4 Å². The molecule has 0 radical (unpaired) electrons. The number of benzene rings is 2. The van der Waals surface area contributed by atoms with E-state index >= 15 is 0 Å². The van der Waals surface area contributed by atoms with Gasteiger partial charge in [0.25, 0.3) is 5.69 Å². The molecule has 0 bridgehead atoms. The molecule has 1 unspecified atom stereocenters. The van der Waals surface area contributed by atoms with Gasteiger partial charge in [0.05, 0.1) is 10.7 Å². The highest BCUT2D eigenvalue weighted by molar-refractivity contribution is 7.99. The number of hydrogen-bond acceptors (Lipinski definition) is 8. The number of halogens is 1. The fourth-order valence-electron chi connectivity index (χ4n) is 4.59. The quantitative estimate of drug-likeness (QED) is 0.215. The highest BCUT2D eigenvalue weighted by Crippen LogP contribution is 2.45. The molecule has 1 aliphatic carbocycles. The third kappa shape index (κ3) is 4.53. The second-order valence-electron chi connectivity index (χ2n) is 9.59. The van der Waals surface area contributed by atoms with Crippen molar-refractivity contribution in [2.24, 2.45) is 5.41 Å². The van der Waals surface area contributed by atoms with Crippen molar-refractivity contribution in [2.75, 3.05) is 11.1 Å². The minimum absolute atomic E-state index is 0.0149. The van der Waals surface area contributed by atoms with Crippen LogP contribution in [0.5, 0.6) is 0 Å². The maximum Gasteiger partial charge on any atom is 0.269 e. The van der Waals surface area contributed by atoms with E-state index in [0.29, 0.717) is 40.6 Å². The number of fused-ring (bicyclic) bond motifs is 1. The Morgan fingerprint density at radius 3 is 2.56 bits per heavy atom. The predicted octanol–water partition coefficient (Wildman–Crippen LogP) is 4.96. The number of aromatic nitrogens is 3. The number of allylic oxidation sites excluding steroid dienone is 2. The molecule has 3 aromatic rings. The number of carbonyl (C=O) groups is 2. The lowest BCUT2D eigenvalue weighted by atomic mass is 9.73. The summed E-state index contributed by atoms with van der Waals surface area (Å²) in [5, 5.41) is 19.3. The van der Waals surface area contributed by atoms with Crippen LogP contribution in [0.25, 0.3) is 0 Å². The summed E-state index contributed by atoms with van der Waals surface area (Å²) in [6.07, 6.45) is 1.00. The van der Waals surface area contributed by atoms with Crippen LogP contribution in [0.3, 0.4) is 0 Å². The van der Waals surface area contributed by atoms with E-state index in [9.17, 15) is 24.1 Å². The van der Waals surface area contributed by atoms with Gasteiger partial charge < -0.3 is 5.32 Å². The smallest absolute Gasteiger partial charge is 0.269 e. The van der Waals surface area contributed by atoms with E-state index in [0.717, 1.165) is 17.5 Å². The molecule has 2 aliphatic rings. The molecule has 1 N–H and O–H groups in total. The summed E-state index contributed by atoms with van der Waals surface area (Å²) in [4.78, 5) is 41.0. The van der Waals surface area contributed by atoms with Crippen molar-refractivity contribution in [3.05, 3.63) is 86.9 Å². The van der Waals surface area contributed by atoms with Crippen LogP contribution in [0.2, 0.25) is 0 Å². The first-order valence-electron chi connectivity index (χ1n) is 11.3. The monoisotopic (exact) mass is 507 g/mol. The first-order valence-corrected chi connectivity index (χ1v) is 12.3. The molecule has 2 aromatic carbocycles. The van der Waals surface area contributed by atoms with E-state index in [2.05, 4.69) is 15.4 Å². The van der Waals surface area contributed by atoms with E-state index < -0.39 is 16.8 Å². The van der Waals surface area contributed by atoms with Crippen molar-refractivity contribution in [3.8, 4) is 0 Å². The number of carbonyl (C=O) groups excluding carboxylic acids is 2. The van der Waals surface area contributed by atoms with Gasteiger partial charge in [-0.1, -0.05) is 25.6 Å². The van der Waals surface area contributed by atoms with Crippen molar-refractivity contribution < 1.29 is 18.9 Å². The predicted molar refractivity (Wildman–Crippen MR) is 131 cm³/mol. The van der Waals surface area contributed by atoms with Crippen LogP contribution in [0.15, 0.2) is 65.0 Å². The Morgan fingerprint density at radius 1 is 1.19 bits per heavy atom. The maximum absolute atomic E-state index is 13.3. The first kappa shape index (κ1) is 23.9. The van der Waals surface area contributed by atoms with Gasteiger partial charge >= 0.3 is 0 Å². The summed E-state index contributed by atoms with van der Waals surface area (Å²) in [6.45, 7) is 4.05. The number of ketones is 2. The number of anilines is 1. The molecule has 2 heterocycles. The van der Waals surface area contributed by atoms with Crippen molar-refractivity contribution in [1.82, 2.24) is 14.8 Å². The molecule has 36 heavy (non-hydrogen) atoms. The summed E-state index contributed by atoms with van der Waals surface area (Å²) in [5.41, 5.74) is 2.11. The SMILES string of the molecule is CC1(C)CC(=O)C2=C(C1)Nc1nc(SCC(=O)c3ccc(F)cc3)nn1C2c1ccc([N+](=O)[O-])cc1. The minimum atomic E-state index is -0.602. The number of non-ortho nitro benzene ring substituents is 1. The number of Topliss-reactive ketones (excluding diaryl/α,β-unsaturated/α-hetero) is 2. The average Bonchev–Trinajstić information content (AvgIpc) is 3.23. The maximum atomic E-state index is 13.3. The fourth-order valence-corrected chi connectivity index (χ4v) is 5.31. The summed E-state index contributed by atoms with van der Waals surface area (Å²) < 4.78 is 14.8. The number of nitro benzene ring substituents is 1. The molecule has 1 atom stereocenters. The van der Waals surface area contributed by atoms with E-state index in [1.165, 1.54) is 36.4 Å². The van der Waals surface area contributed by atoms with Gasteiger partial charge in [0.15, 0.2) is 11.6 Å². The summed E-state index contributed by atoms with van der Waals surface area (Å²) in [6, 6.07) is 10.8. The molecule has 0 fully saturated rings. The zero-order valence-corrected chi connectivity index (χ0v) is 20.3. The van der Waals surface area contributed by atoms with Crippen LogP contribution < -0.4 is 5.32 Å². The second kappa shape index (κ2) is 8.98. The van der Waals surface area contributed by atoms with Crippen molar-refractivity contribution in [3.63, 3.8) is 0 Å². The summed E-state index contributed by atoms with van der Waals surface area (Å²) in [7, 11) is 0. The molecule has 1 aromatic heterocycles. The zero-order chi connectivity index (χ0) is 25.6. The lowest BCUT2D eigenvalue weighted by Crippen LogP contribution is -2.36. The fraction of sp³-hybridized carbons (Fsp3) is 0.280. The topological polar surface area (TPSA) is 120 Å². The number of nitro groups is 1. The van der Waals surface area contributed by atoms with Crippen LogP contribution in [-0.2, 0) is 4.79 Å². The number of nitrogens with zero attached hydrogens (tertiary/aromatic N) is 4. The van der Waals surface area contributed by atoms with E-state index in [1.807, 2.05) is 13.8 Å². The summed E-state index contributed by atoms with van der Waals surface area (Å²) >= 11 is 1.14. The molecule has 184 valence electrons. The first-order chi connectivity index (χ1) is 17.1. The Bertz CT molecular complexity index is 1410. The number of hydrogen-bond donors (Lipinski definition) is 1. The third-order valence-electron chi connectivity index (χ3n) is 6.23. The van der Waals surface area contributed by atoms with Crippen LogP contribution >= 0.6 is 11.8 Å². The Balaban J connectivity index is 1.48.